The van der Waals surface area contributed by atoms with Crippen LogP contribution < -0.4 is 10.6 Å². The monoisotopic (exact) mass is 316 g/mol. The molecule has 0 unspecified atom stereocenters. The summed E-state index contributed by atoms with van der Waals surface area (Å²) in [4.78, 5) is 0. The van der Waals surface area contributed by atoms with Crippen LogP contribution in [0.2, 0.25) is 0 Å². The summed E-state index contributed by atoms with van der Waals surface area (Å²) < 4.78 is 13.8. The second-order valence-corrected chi connectivity index (χ2v) is 10.8. The Hall–Kier alpha value is -0.980. The van der Waals surface area contributed by atoms with Gasteiger partial charge in [-0.2, -0.15) is 0 Å². The summed E-state index contributed by atoms with van der Waals surface area (Å²) in [6, 6.07) is 20.0. The van der Waals surface area contributed by atoms with E-state index in [0.29, 0.717) is 5.25 Å². The van der Waals surface area contributed by atoms with Crippen molar-refractivity contribution >= 4 is 28.3 Å². The number of rotatable bonds is 4. The summed E-state index contributed by atoms with van der Waals surface area (Å²) in [7, 11) is 0. The van der Waals surface area contributed by atoms with Crippen LogP contribution in [0.4, 0.5) is 0 Å². The molecule has 1 aliphatic rings. The van der Waals surface area contributed by atoms with E-state index in [4.69, 9.17) is 0 Å². The highest BCUT2D eigenvalue weighted by molar-refractivity contribution is 8.62. The van der Waals surface area contributed by atoms with Crippen molar-refractivity contribution in [3.63, 3.8) is 0 Å². The first-order valence-corrected chi connectivity index (χ1v) is 10.9. The van der Waals surface area contributed by atoms with E-state index in [-0.39, 0.29) is 0 Å². The molecular formula is C18H21OPS. The van der Waals surface area contributed by atoms with E-state index in [0.717, 1.165) is 10.6 Å². The molecule has 0 radical (unpaired) electrons. The molecule has 0 aromatic heterocycles. The molecule has 0 N–H and O–H groups in total. The van der Waals surface area contributed by atoms with Gasteiger partial charge in [-0.15, -0.1) is 0 Å². The molecule has 110 valence electrons. The second kappa shape index (κ2) is 6.85. The van der Waals surface area contributed by atoms with Gasteiger partial charge in [0.15, 0.2) is 6.34 Å². The SMILES string of the molecule is O=P(SC1CCCCC1)(c1ccccc1)c1ccccc1. The topological polar surface area (TPSA) is 17.1 Å². The number of hydrogen-bond donors (Lipinski definition) is 0. The quantitative estimate of drug-likeness (QED) is 0.740. The third-order valence-electron chi connectivity index (χ3n) is 4.04. The normalized spacial score (nSPS) is 16.8. The fourth-order valence-electron chi connectivity index (χ4n) is 2.90. The molecule has 2 aromatic rings. The fourth-order valence-corrected chi connectivity index (χ4v) is 8.89. The van der Waals surface area contributed by atoms with Gasteiger partial charge in [-0.3, -0.25) is 0 Å². The van der Waals surface area contributed by atoms with Gasteiger partial charge in [0.05, 0.1) is 0 Å². The van der Waals surface area contributed by atoms with E-state index in [9.17, 15) is 4.57 Å². The zero-order valence-corrected chi connectivity index (χ0v) is 13.9. The molecule has 0 bridgehead atoms. The molecule has 0 spiro atoms. The van der Waals surface area contributed by atoms with Crippen molar-refractivity contribution in [1.82, 2.24) is 0 Å². The Morgan fingerprint density at radius 1 is 0.762 bits per heavy atom. The number of hydrogen-bond acceptors (Lipinski definition) is 2. The third kappa shape index (κ3) is 3.44. The molecule has 3 rings (SSSR count). The van der Waals surface area contributed by atoms with Gasteiger partial charge in [0.2, 0.25) is 0 Å². The van der Waals surface area contributed by atoms with Crippen LogP contribution >= 0.6 is 17.7 Å². The van der Waals surface area contributed by atoms with Crippen LogP contribution in [0.1, 0.15) is 32.1 Å². The van der Waals surface area contributed by atoms with Crippen molar-refractivity contribution in [2.24, 2.45) is 0 Å². The van der Waals surface area contributed by atoms with Gasteiger partial charge in [-0.1, -0.05) is 91.3 Å². The molecule has 0 saturated heterocycles. The average Bonchev–Trinajstić information content (AvgIpc) is 2.57. The Morgan fingerprint density at radius 2 is 1.24 bits per heavy atom. The van der Waals surface area contributed by atoms with Crippen molar-refractivity contribution < 1.29 is 4.57 Å². The Morgan fingerprint density at radius 3 is 1.71 bits per heavy atom. The van der Waals surface area contributed by atoms with Crippen molar-refractivity contribution in [3.05, 3.63) is 60.7 Å². The Balaban J connectivity index is 1.96. The highest BCUT2D eigenvalue weighted by Crippen LogP contribution is 2.60. The zero-order valence-electron chi connectivity index (χ0n) is 12.2. The highest BCUT2D eigenvalue weighted by Gasteiger charge is 2.32. The maximum atomic E-state index is 13.8. The smallest absolute Gasteiger partial charge is 0.195 e. The van der Waals surface area contributed by atoms with E-state index in [1.807, 2.05) is 60.7 Å². The first-order valence-electron chi connectivity index (χ1n) is 7.69. The van der Waals surface area contributed by atoms with E-state index in [1.165, 1.54) is 32.1 Å². The summed E-state index contributed by atoms with van der Waals surface area (Å²) >= 11 is 1.73. The summed E-state index contributed by atoms with van der Waals surface area (Å²) in [5.41, 5.74) is 0. The molecular weight excluding hydrogens is 295 g/mol. The van der Waals surface area contributed by atoms with Crippen LogP contribution in [0.15, 0.2) is 60.7 Å². The van der Waals surface area contributed by atoms with Gasteiger partial charge < -0.3 is 4.57 Å². The molecule has 0 amide bonds. The molecule has 1 saturated carbocycles. The Kier molecular flexibility index (Phi) is 4.87. The molecule has 2 aromatic carbocycles. The average molecular weight is 316 g/mol. The lowest BCUT2D eigenvalue weighted by Gasteiger charge is -2.27. The van der Waals surface area contributed by atoms with Crippen LogP contribution in [0.5, 0.6) is 0 Å². The Bertz CT molecular complexity index is 562. The summed E-state index contributed by atoms with van der Waals surface area (Å²) in [6.07, 6.45) is 3.72. The summed E-state index contributed by atoms with van der Waals surface area (Å²) in [6.45, 7) is 0. The van der Waals surface area contributed by atoms with E-state index in [1.54, 1.807) is 11.4 Å². The summed E-state index contributed by atoms with van der Waals surface area (Å²) in [5, 5.41) is 2.49. The van der Waals surface area contributed by atoms with Gasteiger partial charge >= 0.3 is 0 Å². The predicted molar refractivity (Wildman–Crippen MR) is 94.2 cm³/mol. The lowest BCUT2D eigenvalue weighted by Crippen LogP contribution is -2.17. The van der Waals surface area contributed by atoms with Crippen molar-refractivity contribution in [3.8, 4) is 0 Å². The van der Waals surface area contributed by atoms with Crippen LogP contribution in [-0.4, -0.2) is 5.25 Å². The predicted octanol–water partition coefficient (Wildman–Crippen LogP) is 4.98. The van der Waals surface area contributed by atoms with Crippen LogP contribution in [0.25, 0.3) is 0 Å². The van der Waals surface area contributed by atoms with Gasteiger partial charge in [-0.25, -0.2) is 0 Å². The molecule has 0 atom stereocenters. The van der Waals surface area contributed by atoms with Crippen LogP contribution in [-0.2, 0) is 4.57 Å². The molecule has 1 nitrogen and oxygen atoms in total. The first kappa shape index (κ1) is 14.9. The summed E-state index contributed by atoms with van der Waals surface area (Å²) in [5.74, 6) is 0. The zero-order chi connectivity index (χ0) is 14.5. The van der Waals surface area contributed by atoms with E-state index < -0.39 is 6.34 Å². The minimum absolute atomic E-state index is 0.532. The molecule has 1 fully saturated rings. The van der Waals surface area contributed by atoms with Crippen LogP contribution in [0, 0.1) is 0 Å². The lowest BCUT2D eigenvalue weighted by atomic mass is 10.0. The second-order valence-electron chi connectivity index (χ2n) is 5.59. The maximum absolute atomic E-state index is 13.8. The largest absolute Gasteiger partial charge is 0.302 e. The minimum atomic E-state index is -2.58. The van der Waals surface area contributed by atoms with Gasteiger partial charge in [0.25, 0.3) is 0 Å². The van der Waals surface area contributed by atoms with Crippen molar-refractivity contribution in [2.75, 3.05) is 0 Å². The van der Waals surface area contributed by atoms with Crippen molar-refractivity contribution in [1.29, 1.82) is 0 Å². The standard InChI is InChI=1S/C18H21OPS/c19-20(16-10-4-1-5-11-16,17-12-6-2-7-13-17)21-18-14-8-3-9-15-18/h1-2,4-7,10-13,18H,3,8-9,14-15H2. The van der Waals surface area contributed by atoms with Gasteiger partial charge in [0, 0.05) is 15.9 Å². The van der Waals surface area contributed by atoms with Gasteiger partial charge in [-0.05, 0) is 12.8 Å². The molecule has 1 aliphatic carbocycles. The number of benzene rings is 2. The molecule has 21 heavy (non-hydrogen) atoms. The van der Waals surface area contributed by atoms with E-state index >= 15 is 0 Å². The minimum Gasteiger partial charge on any atom is -0.302 e. The fraction of sp³-hybridized carbons (Fsp3) is 0.333. The van der Waals surface area contributed by atoms with Crippen LogP contribution in [0.3, 0.4) is 0 Å². The third-order valence-corrected chi connectivity index (χ3v) is 10.1. The molecule has 0 heterocycles. The van der Waals surface area contributed by atoms with Gasteiger partial charge in [0.1, 0.15) is 0 Å². The Labute approximate surface area is 131 Å². The highest BCUT2D eigenvalue weighted by atomic mass is 32.7. The van der Waals surface area contributed by atoms with Crippen molar-refractivity contribution in [2.45, 2.75) is 37.4 Å². The van der Waals surface area contributed by atoms with E-state index in [2.05, 4.69) is 0 Å². The molecule has 3 heteroatoms. The lowest BCUT2D eigenvalue weighted by molar-refractivity contribution is 0.517. The molecule has 0 aliphatic heterocycles. The maximum Gasteiger partial charge on any atom is 0.195 e. The first-order chi connectivity index (χ1) is 10.3.